The summed E-state index contributed by atoms with van der Waals surface area (Å²) in [6.07, 6.45) is 0.377. The summed E-state index contributed by atoms with van der Waals surface area (Å²) in [5.74, 6) is 1.19. The molecule has 4 nitrogen and oxygen atoms in total. The fraction of sp³-hybridized carbons (Fsp3) is 0.176. The predicted molar refractivity (Wildman–Crippen MR) is 90.0 cm³/mol. The minimum atomic E-state index is -0.0295. The summed E-state index contributed by atoms with van der Waals surface area (Å²) >= 11 is 1.58. The highest BCUT2D eigenvalue weighted by atomic mass is 32.2. The molecule has 0 saturated carbocycles. The highest BCUT2D eigenvalue weighted by molar-refractivity contribution is 7.99. The van der Waals surface area contributed by atoms with Gasteiger partial charge >= 0.3 is 0 Å². The topological polar surface area (TPSA) is 58.2 Å². The lowest BCUT2D eigenvalue weighted by Crippen LogP contribution is -2.14. The number of nitrogens with one attached hydrogen (secondary N) is 2. The molecule has 5 heteroatoms. The van der Waals surface area contributed by atoms with E-state index in [0.29, 0.717) is 12.2 Å². The van der Waals surface area contributed by atoms with Crippen LogP contribution < -0.4 is 10.6 Å². The van der Waals surface area contributed by atoms with Gasteiger partial charge in [0.25, 0.3) is 0 Å². The van der Waals surface area contributed by atoms with Gasteiger partial charge in [-0.3, -0.25) is 9.59 Å². The van der Waals surface area contributed by atoms with Crippen LogP contribution in [-0.4, -0.2) is 17.6 Å². The summed E-state index contributed by atoms with van der Waals surface area (Å²) in [5, 5.41) is 5.65. The molecule has 0 fully saturated rings. The van der Waals surface area contributed by atoms with Gasteiger partial charge < -0.3 is 10.6 Å². The zero-order valence-electron chi connectivity index (χ0n) is 12.0. The molecule has 0 atom stereocenters. The van der Waals surface area contributed by atoms with Crippen LogP contribution in [0.4, 0.5) is 11.4 Å². The third kappa shape index (κ3) is 3.68. The zero-order chi connectivity index (χ0) is 15.4. The van der Waals surface area contributed by atoms with E-state index in [-0.39, 0.29) is 11.8 Å². The van der Waals surface area contributed by atoms with Crippen molar-refractivity contribution < 1.29 is 9.59 Å². The lowest BCUT2D eigenvalue weighted by Gasteiger charge is -2.07. The maximum atomic E-state index is 12.0. The first-order valence-corrected chi connectivity index (χ1v) is 8.20. The summed E-state index contributed by atoms with van der Waals surface area (Å²) in [4.78, 5) is 23.3. The van der Waals surface area contributed by atoms with Gasteiger partial charge in [-0.15, -0.1) is 11.8 Å². The Morgan fingerprint density at radius 1 is 1.18 bits per heavy atom. The highest BCUT2D eigenvalue weighted by Crippen LogP contribution is 2.26. The van der Waals surface area contributed by atoms with Gasteiger partial charge in [0.1, 0.15) is 0 Å². The lowest BCUT2D eigenvalue weighted by molar-refractivity contribution is -0.115. The molecule has 112 valence electrons. The van der Waals surface area contributed by atoms with Crippen LogP contribution in [0.25, 0.3) is 0 Å². The lowest BCUT2D eigenvalue weighted by atomic mass is 10.1. The van der Waals surface area contributed by atoms with Crippen molar-refractivity contribution in [3.8, 4) is 0 Å². The van der Waals surface area contributed by atoms with Crippen LogP contribution >= 0.6 is 11.8 Å². The second-order valence-electron chi connectivity index (χ2n) is 5.12. The van der Waals surface area contributed by atoms with Gasteiger partial charge in [-0.1, -0.05) is 30.3 Å². The van der Waals surface area contributed by atoms with E-state index >= 15 is 0 Å². The van der Waals surface area contributed by atoms with Crippen LogP contribution in [0.3, 0.4) is 0 Å². The normalized spacial score (nSPS) is 12.6. The molecule has 3 rings (SSSR count). The monoisotopic (exact) mass is 312 g/mol. The summed E-state index contributed by atoms with van der Waals surface area (Å²) < 4.78 is 0. The van der Waals surface area contributed by atoms with Gasteiger partial charge in [0.2, 0.25) is 11.8 Å². The average molecular weight is 312 g/mol. The molecule has 1 heterocycles. The quantitative estimate of drug-likeness (QED) is 0.892. The number of amides is 2. The summed E-state index contributed by atoms with van der Waals surface area (Å²) in [7, 11) is 0. The molecular formula is C17H16N2O2S. The number of rotatable bonds is 5. The van der Waals surface area contributed by atoms with E-state index in [9.17, 15) is 9.59 Å². The molecule has 0 aromatic heterocycles. The molecule has 2 aromatic carbocycles. The van der Waals surface area contributed by atoms with Crippen LogP contribution in [0.1, 0.15) is 11.1 Å². The Morgan fingerprint density at radius 3 is 2.82 bits per heavy atom. The van der Waals surface area contributed by atoms with E-state index in [1.165, 1.54) is 5.56 Å². The molecule has 2 N–H and O–H groups in total. The Kier molecular flexibility index (Phi) is 4.44. The molecule has 2 aromatic rings. The zero-order valence-corrected chi connectivity index (χ0v) is 12.8. The van der Waals surface area contributed by atoms with Gasteiger partial charge in [-0.2, -0.15) is 0 Å². The average Bonchev–Trinajstić information content (AvgIpc) is 2.87. The van der Waals surface area contributed by atoms with Gasteiger partial charge in [0.05, 0.1) is 12.2 Å². The van der Waals surface area contributed by atoms with E-state index in [0.717, 1.165) is 22.7 Å². The number of thioether (sulfide) groups is 1. The largest absolute Gasteiger partial charge is 0.326 e. The second kappa shape index (κ2) is 6.66. The van der Waals surface area contributed by atoms with Gasteiger partial charge in [-0.25, -0.2) is 0 Å². The van der Waals surface area contributed by atoms with E-state index in [4.69, 9.17) is 0 Å². The summed E-state index contributed by atoms with van der Waals surface area (Å²) in [6, 6.07) is 15.6. The van der Waals surface area contributed by atoms with Crippen molar-refractivity contribution in [2.45, 2.75) is 12.2 Å². The molecular weight excluding hydrogens is 296 g/mol. The highest BCUT2D eigenvalue weighted by Gasteiger charge is 2.17. The van der Waals surface area contributed by atoms with Crippen molar-refractivity contribution in [2.24, 2.45) is 0 Å². The van der Waals surface area contributed by atoms with Crippen LogP contribution in [0.5, 0.6) is 0 Å². The van der Waals surface area contributed by atoms with Crippen molar-refractivity contribution in [3.05, 3.63) is 59.7 Å². The van der Waals surface area contributed by atoms with Crippen LogP contribution in [0.15, 0.2) is 48.5 Å². The van der Waals surface area contributed by atoms with Crippen LogP contribution in [0, 0.1) is 0 Å². The first kappa shape index (κ1) is 14.7. The van der Waals surface area contributed by atoms with E-state index in [2.05, 4.69) is 22.8 Å². The minimum absolute atomic E-state index is 0.00288. The first-order valence-electron chi connectivity index (χ1n) is 7.05. The molecule has 0 radical (unpaired) electrons. The van der Waals surface area contributed by atoms with Crippen molar-refractivity contribution in [3.63, 3.8) is 0 Å². The SMILES string of the molecule is O=C(CSCc1ccccc1)Nc1ccc2c(c1)CC(=O)N2. The molecule has 1 aliphatic rings. The van der Waals surface area contributed by atoms with Crippen LogP contribution in [0.2, 0.25) is 0 Å². The summed E-state index contributed by atoms with van der Waals surface area (Å²) in [5.41, 5.74) is 3.71. The Balaban J connectivity index is 1.50. The third-order valence-electron chi connectivity index (χ3n) is 3.36. The van der Waals surface area contributed by atoms with E-state index < -0.39 is 0 Å². The van der Waals surface area contributed by atoms with Crippen molar-refractivity contribution >= 4 is 35.0 Å². The number of carbonyl (C=O) groups is 2. The predicted octanol–water partition coefficient (Wildman–Crippen LogP) is 3.05. The molecule has 1 aliphatic heterocycles. The maximum Gasteiger partial charge on any atom is 0.234 e. The van der Waals surface area contributed by atoms with Gasteiger partial charge in [-0.05, 0) is 29.3 Å². The van der Waals surface area contributed by atoms with E-state index in [1.807, 2.05) is 36.4 Å². The molecule has 0 saturated heterocycles. The number of hydrogen-bond donors (Lipinski definition) is 2. The molecule has 0 unspecified atom stereocenters. The Morgan fingerprint density at radius 2 is 2.00 bits per heavy atom. The van der Waals surface area contributed by atoms with Crippen molar-refractivity contribution in [2.75, 3.05) is 16.4 Å². The van der Waals surface area contributed by atoms with Crippen molar-refractivity contribution in [1.82, 2.24) is 0 Å². The fourth-order valence-corrected chi connectivity index (χ4v) is 3.13. The third-order valence-corrected chi connectivity index (χ3v) is 4.36. The summed E-state index contributed by atoms with van der Waals surface area (Å²) in [6.45, 7) is 0. The van der Waals surface area contributed by atoms with Crippen molar-refractivity contribution in [1.29, 1.82) is 0 Å². The molecule has 0 bridgehead atoms. The Hall–Kier alpha value is -2.27. The molecule has 0 aliphatic carbocycles. The Bertz CT molecular complexity index is 701. The molecule has 0 spiro atoms. The maximum absolute atomic E-state index is 12.0. The van der Waals surface area contributed by atoms with E-state index in [1.54, 1.807) is 11.8 Å². The smallest absolute Gasteiger partial charge is 0.234 e. The number of anilines is 2. The number of benzene rings is 2. The minimum Gasteiger partial charge on any atom is -0.326 e. The van der Waals surface area contributed by atoms with Gasteiger partial charge in [0.15, 0.2) is 0 Å². The molecule has 2 amide bonds. The standard InChI is InChI=1S/C17H16N2O2S/c20-16-9-13-8-14(6-7-15(13)19-16)18-17(21)11-22-10-12-4-2-1-3-5-12/h1-8H,9-11H2,(H,18,21)(H,19,20). The first-order chi connectivity index (χ1) is 10.7. The van der Waals surface area contributed by atoms with Gasteiger partial charge in [0, 0.05) is 17.1 Å². The number of fused-ring (bicyclic) bond motifs is 1. The number of hydrogen-bond acceptors (Lipinski definition) is 3. The Labute approximate surface area is 133 Å². The molecule has 22 heavy (non-hydrogen) atoms. The number of carbonyl (C=O) groups excluding carboxylic acids is 2. The second-order valence-corrected chi connectivity index (χ2v) is 6.11. The van der Waals surface area contributed by atoms with Crippen LogP contribution in [-0.2, 0) is 21.8 Å². The fourth-order valence-electron chi connectivity index (χ4n) is 2.34.